The van der Waals surface area contributed by atoms with Crippen molar-refractivity contribution in [1.29, 1.82) is 0 Å². The lowest BCUT2D eigenvalue weighted by Crippen LogP contribution is -2.28. The van der Waals surface area contributed by atoms with Crippen LogP contribution in [0.4, 0.5) is 5.69 Å². The molecule has 2 N–H and O–H groups in total. The third kappa shape index (κ3) is 5.13. The Morgan fingerprint density at radius 2 is 1.70 bits per heavy atom. The summed E-state index contributed by atoms with van der Waals surface area (Å²) in [4.78, 5) is 12.4. The van der Waals surface area contributed by atoms with Crippen molar-refractivity contribution in [2.24, 2.45) is 5.92 Å². The molecule has 0 saturated carbocycles. The lowest BCUT2D eigenvalue weighted by atomic mass is 10.1. The highest BCUT2D eigenvalue weighted by molar-refractivity contribution is 7.92. The van der Waals surface area contributed by atoms with Gasteiger partial charge in [0, 0.05) is 12.6 Å². The third-order valence-corrected chi connectivity index (χ3v) is 5.12. The number of hydrogen-bond donors (Lipinski definition) is 2. The molecule has 8 heteroatoms. The average molecular weight is 392 g/mol. The zero-order valence-electron chi connectivity index (χ0n) is 15.8. The summed E-state index contributed by atoms with van der Waals surface area (Å²) in [5.41, 5.74) is 0.454. The van der Waals surface area contributed by atoms with Crippen LogP contribution in [0.3, 0.4) is 0 Å². The van der Waals surface area contributed by atoms with E-state index < -0.39 is 10.0 Å². The van der Waals surface area contributed by atoms with Crippen molar-refractivity contribution in [3.05, 3.63) is 48.0 Å². The van der Waals surface area contributed by atoms with Crippen molar-refractivity contribution in [3.63, 3.8) is 0 Å². The first-order chi connectivity index (χ1) is 12.8. The molecule has 7 nitrogen and oxygen atoms in total. The van der Waals surface area contributed by atoms with Gasteiger partial charge < -0.3 is 14.8 Å². The monoisotopic (exact) mass is 392 g/mol. The minimum Gasteiger partial charge on any atom is -0.493 e. The van der Waals surface area contributed by atoms with Crippen LogP contribution in [0.2, 0.25) is 0 Å². The highest BCUT2D eigenvalue weighted by Crippen LogP contribution is 2.30. The van der Waals surface area contributed by atoms with E-state index in [0.717, 1.165) is 0 Å². The number of methoxy groups -OCH3 is 2. The summed E-state index contributed by atoms with van der Waals surface area (Å²) in [5.74, 6) is 0.659. The van der Waals surface area contributed by atoms with Gasteiger partial charge in [0.1, 0.15) is 0 Å². The van der Waals surface area contributed by atoms with Gasteiger partial charge >= 0.3 is 0 Å². The SMILES string of the molecule is COc1ccc(S(=O)(=O)Nc2ccccc2C(=O)NCC(C)C)cc1OC. The van der Waals surface area contributed by atoms with E-state index >= 15 is 0 Å². The Bertz CT molecular complexity index is 910. The van der Waals surface area contributed by atoms with Gasteiger partial charge in [-0.2, -0.15) is 0 Å². The Morgan fingerprint density at radius 3 is 2.33 bits per heavy atom. The molecule has 2 aromatic carbocycles. The normalized spacial score (nSPS) is 11.1. The van der Waals surface area contributed by atoms with Gasteiger partial charge in [-0.3, -0.25) is 9.52 Å². The highest BCUT2D eigenvalue weighted by atomic mass is 32.2. The van der Waals surface area contributed by atoms with Gasteiger partial charge in [0.15, 0.2) is 11.5 Å². The summed E-state index contributed by atoms with van der Waals surface area (Å²) < 4.78 is 38.3. The predicted octanol–water partition coefficient (Wildman–Crippen LogP) is 2.89. The predicted molar refractivity (Wildman–Crippen MR) is 104 cm³/mol. The molecule has 2 rings (SSSR count). The van der Waals surface area contributed by atoms with Gasteiger partial charge in [-0.15, -0.1) is 0 Å². The number of carbonyl (C=O) groups is 1. The van der Waals surface area contributed by atoms with Crippen LogP contribution in [-0.4, -0.2) is 35.1 Å². The quantitative estimate of drug-likeness (QED) is 0.720. The lowest BCUT2D eigenvalue weighted by Gasteiger charge is -2.14. The standard InChI is InChI=1S/C19H24N2O5S/c1-13(2)12-20-19(22)15-7-5-6-8-16(15)21-27(23,24)14-9-10-17(25-3)18(11-14)26-4/h5-11,13,21H,12H2,1-4H3,(H,20,22). The maximum absolute atomic E-state index is 12.8. The second-order valence-corrected chi connectivity index (χ2v) is 7.95. The summed E-state index contributed by atoms with van der Waals surface area (Å²) in [6.45, 7) is 4.45. The van der Waals surface area contributed by atoms with E-state index in [1.54, 1.807) is 24.3 Å². The van der Waals surface area contributed by atoms with Gasteiger partial charge in [-0.1, -0.05) is 26.0 Å². The Kier molecular flexibility index (Phi) is 6.68. The number of nitrogens with one attached hydrogen (secondary N) is 2. The van der Waals surface area contributed by atoms with Crippen LogP contribution in [0.15, 0.2) is 47.4 Å². The maximum Gasteiger partial charge on any atom is 0.262 e. The molecule has 27 heavy (non-hydrogen) atoms. The fourth-order valence-corrected chi connectivity index (χ4v) is 3.44. The first-order valence-corrected chi connectivity index (χ1v) is 9.89. The van der Waals surface area contributed by atoms with Crippen LogP contribution >= 0.6 is 0 Å². The summed E-state index contributed by atoms with van der Waals surface area (Å²) in [6, 6.07) is 10.7. The molecule has 2 aromatic rings. The summed E-state index contributed by atoms with van der Waals surface area (Å²) in [7, 11) is -1.03. The molecule has 0 saturated heterocycles. The lowest BCUT2D eigenvalue weighted by molar-refractivity contribution is 0.0950. The maximum atomic E-state index is 12.8. The van der Waals surface area contributed by atoms with E-state index in [1.807, 2.05) is 13.8 Å². The van der Waals surface area contributed by atoms with Gasteiger partial charge in [0.2, 0.25) is 0 Å². The molecular weight excluding hydrogens is 368 g/mol. The highest BCUT2D eigenvalue weighted by Gasteiger charge is 2.20. The first-order valence-electron chi connectivity index (χ1n) is 8.40. The molecule has 0 aromatic heterocycles. The molecule has 0 aliphatic rings. The van der Waals surface area contributed by atoms with Crippen LogP contribution < -0.4 is 19.5 Å². The van der Waals surface area contributed by atoms with Crippen LogP contribution in [0, 0.1) is 5.92 Å². The smallest absolute Gasteiger partial charge is 0.262 e. The van der Waals surface area contributed by atoms with Crippen molar-refractivity contribution >= 4 is 21.6 Å². The molecular formula is C19H24N2O5S. The second-order valence-electron chi connectivity index (χ2n) is 6.27. The molecule has 0 heterocycles. The van der Waals surface area contributed by atoms with Crippen molar-refractivity contribution in [1.82, 2.24) is 5.32 Å². The van der Waals surface area contributed by atoms with Gasteiger partial charge in [-0.25, -0.2) is 8.42 Å². The number of ether oxygens (including phenoxy) is 2. The van der Waals surface area contributed by atoms with Gasteiger partial charge in [-0.05, 0) is 30.2 Å². The topological polar surface area (TPSA) is 93.7 Å². The Balaban J connectivity index is 2.32. The molecule has 0 aliphatic carbocycles. The molecule has 0 unspecified atom stereocenters. The van der Waals surface area contributed by atoms with Crippen molar-refractivity contribution in [2.45, 2.75) is 18.7 Å². The molecule has 0 aliphatic heterocycles. The molecule has 146 valence electrons. The fraction of sp³-hybridized carbons (Fsp3) is 0.316. The van der Waals surface area contributed by atoms with Crippen LogP contribution in [0.5, 0.6) is 11.5 Å². The zero-order valence-corrected chi connectivity index (χ0v) is 16.6. The summed E-state index contributed by atoms with van der Waals surface area (Å²) in [5, 5.41) is 2.79. The van der Waals surface area contributed by atoms with Crippen molar-refractivity contribution in [3.8, 4) is 11.5 Å². The Hall–Kier alpha value is -2.74. The number of carbonyl (C=O) groups excluding carboxylic acids is 1. The first kappa shape index (κ1) is 20.6. The molecule has 0 radical (unpaired) electrons. The molecule has 0 spiro atoms. The van der Waals surface area contributed by atoms with E-state index in [0.29, 0.717) is 18.0 Å². The van der Waals surface area contributed by atoms with Crippen molar-refractivity contribution < 1.29 is 22.7 Å². The average Bonchev–Trinajstić information content (AvgIpc) is 2.65. The molecule has 1 amide bonds. The minimum atomic E-state index is -3.92. The van der Waals surface area contributed by atoms with Crippen LogP contribution in [0.25, 0.3) is 0 Å². The largest absolute Gasteiger partial charge is 0.493 e. The Labute approximate surface area is 159 Å². The van der Waals surface area contributed by atoms with Crippen LogP contribution in [0.1, 0.15) is 24.2 Å². The van der Waals surface area contributed by atoms with Crippen LogP contribution in [-0.2, 0) is 10.0 Å². The third-order valence-electron chi connectivity index (χ3n) is 3.75. The fourth-order valence-electron chi connectivity index (χ4n) is 2.35. The van der Waals surface area contributed by atoms with E-state index in [-0.39, 0.29) is 28.0 Å². The Morgan fingerprint density at radius 1 is 1.04 bits per heavy atom. The number of rotatable bonds is 8. The number of amides is 1. The van der Waals surface area contributed by atoms with E-state index in [4.69, 9.17) is 9.47 Å². The van der Waals surface area contributed by atoms with Gasteiger partial charge in [0.05, 0.1) is 30.4 Å². The second kappa shape index (κ2) is 8.77. The summed E-state index contributed by atoms with van der Waals surface area (Å²) >= 11 is 0. The summed E-state index contributed by atoms with van der Waals surface area (Å²) in [6.07, 6.45) is 0. The number of anilines is 1. The van der Waals surface area contributed by atoms with E-state index in [1.165, 1.54) is 32.4 Å². The van der Waals surface area contributed by atoms with Crippen molar-refractivity contribution in [2.75, 3.05) is 25.5 Å². The zero-order chi connectivity index (χ0) is 20.0. The number of sulfonamides is 1. The number of hydrogen-bond acceptors (Lipinski definition) is 5. The molecule has 0 bridgehead atoms. The number of benzene rings is 2. The minimum absolute atomic E-state index is 0.00228. The van der Waals surface area contributed by atoms with Gasteiger partial charge in [0.25, 0.3) is 15.9 Å². The molecule has 0 fully saturated rings. The number of para-hydroxylation sites is 1. The van der Waals surface area contributed by atoms with E-state index in [9.17, 15) is 13.2 Å². The van der Waals surface area contributed by atoms with E-state index in [2.05, 4.69) is 10.0 Å². The molecule has 0 atom stereocenters.